The molecule has 1 fully saturated rings. The van der Waals surface area contributed by atoms with Crippen molar-refractivity contribution in [3.05, 3.63) is 53.0 Å². The molecule has 0 bridgehead atoms. The molecule has 1 aromatic carbocycles. The Kier molecular flexibility index (Phi) is 6.14. The van der Waals surface area contributed by atoms with E-state index in [1.807, 2.05) is 0 Å². The summed E-state index contributed by atoms with van der Waals surface area (Å²) in [6.07, 6.45) is 2.96. The Balaban J connectivity index is 1.85. The molecule has 1 saturated heterocycles. The van der Waals surface area contributed by atoms with E-state index in [9.17, 15) is 22.6 Å². The SMILES string of the molecule is CO/N=C(\C(=O)N[C@H]1C(=O)N(S(=O)(=O)O)[C@H]1/C=C/c1ccccc1)c1csc(N)n1. The number of rotatable bonds is 7. The predicted molar refractivity (Wildman–Crippen MR) is 110 cm³/mol. The third kappa shape index (κ3) is 4.48. The van der Waals surface area contributed by atoms with E-state index in [0.717, 1.165) is 16.9 Å². The lowest BCUT2D eigenvalue weighted by Gasteiger charge is -2.42. The summed E-state index contributed by atoms with van der Waals surface area (Å²) in [5.74, 6) is -1.82. The fraction of sp³-hybridized carbons (Fsp3) is 0.176. The first kappa shape index (κ1) is 21.4. The first-order valence-electron chi connectivity index (χ1n) is 8.39. The number of carbonyl (C=O) groups excluding carboxylic acids is 2. The summed E-state index contributed by atoms with van der Waals surface area (Å²) < 4.78 is 32.8. The van der Waals surface area contributed by atoms with E-state index in [0.29, 0.717) is 0 Å². The number of amides is 2. The van der Waals surface area contributed by atoms with Crippen LogP contribution < -0.4 is 11.1 Å². The lowest BCUT2D eigenvalue weighted by atomic mass is 9.97. The fourth-order valence-electron chi connectivity index (χ4n) is 2.76. The third-order valence-corrected chi connectivity index (χ3v) is 5.67. The lowest BCUT2D eigenvalue weighted by Crippen LogP contribution is -2.71. The van der Waals surface area contributed by atoms with Crippen LogP contribution in [0.3, 0.4) is 0 Å². The van der Waals surface area contributed by atoms with Crippen LogP contribution in [0.5, 0.6) is 0 Å². The van der Waals surface area contributed by atoms with E-state index in [-0.39, 0.29) is 20.8 Å². The first-order valence-corrected chi connectivity index (χ1v) is 10.7. The van der Waals surface area contributed by atoms with Crippen LogP contribution in [0.25, 0.3) is 6.08 Å². The summed E-state index contributed by atoms with van der Waals surface area (Å²) in [5, 5.41) is 7.69. The van der Waals surface area contributed by atoms with Crippen LogP contribution in [0.2, 0.25) is 0 Å². The Morgan fingerprint density at radius 1 is 1.40 bits per heavy atom. The predicted octanol–water partition coefficient (Wildman–Crippen LogP) is 0.288. The van der Waals surface area contributed by atoms with Crippen molar-refractivity contribution in [2.75, 3.05) is 12.8 Å². The largest absolute Gasteiger partial charge is 0.398 e. The Morgan fingerprint density at radius 2 is 2.10 bits per heavy atom. The average Bonchev–Trinajstić information content (AvgIpc) is 3.12. The second-order valence-corrected chi connectivity index (χ2v) is 8.20. The molecule has 2 heterocycles. The molecule has 30 heavy (non-hydrogen) atoms. The number of nitrogens with one attached hydrogen (secondary N) is 1. The van der Waals surface area contributed by atoms with Gasteiger partial charge in [-0.2, -0.15) is 8.42 Å². The van der Waals surface area contributed by atoms with Gasteiger partial charge in [0.2, 0.25) is 0 Å². The Hall–Kier alpha value is -3.29. The number of carbonyl (C=O) groups is 2. The minimum Gasteiger partial charge on any atom is -0.398 e. The zero-order valence-corrected chi connectivity index (χ0v) is 17.1. The quantitative estimate of drug-likeness (QED) is 0.234. The van der Waals surface area contributed by atoms with Gasteiger partial charge in [0.1, 0.15) is 18.8 Å². The molecule has 1 aromatic heterocycles. The molecule has 1 aliphatic rings. The molecule has 2 amide bonds. The summed E-state index contributed by atoms with van der Waals surface area (Å²) in [7, 11) is -3.59. The second-order valence-electron chi connectivity index (χ2n) is 6.02. The van der Waals surface area contributed by atoms with Gasteiger partial charge >= 0.3 is 10.3 Å². The molecule has 4 N–H and O–H groups in total. The number of nitrogens with zero attached hydrogens (tertiary/aromatic N) is 3. The number of benzene rings is 1. The van der Waals surface area contributed by atoms with Gasteiger partial charge in [-0.3, -0.25) is 14.1 Å². The summed E-state index contributed by atoms with van der Waals surface area (Å²) in [4.78, 5) is 33.6. The van der Waals surface area contributed by atoms with Crippen molar-refractivity contribution in [1.82, 2.24) is 14.6 Å². The normalized spacial score (nSPS) is 19.6. The van der Waals surface area contributed by atoms with Crippen LogP contribution in [-0.2, 0) is 24.7 Å². The highest BCUT2D eigenvalue weighted by Crippen LogP contribution is 2.26. The zero-order chi connectivity index (χ0) is 21.9. The molecule has 158 valence electrons. The number of nitrogen functional groups attached to an aromatic ring is 1. The maximum absolute atomic E-state index is 12.7. The number of aromatic nitrogens is 1. The molecule has 2 aromatic rings. The number of oxime groups is 1. The average molecular weight is 451 g/mol. The monoisotopic (exact) mass is 451 g/mol. The van der Waals surface area contributed by atoms with Gasteiger partial charge in [-0.25, -0.2) is 9.29 Å². The smallest absolute Gasteiger partial charge is 0.362 e. The van der Waals surface area contributed by atoms with Crippen molar-refractivity contribution in [3.8, 4) is 0 Å². The first-order chi connectivity index (χ1) is 14.2. The van der Waals surface area contributed by atoms with Crippen LogP contribution in [0, 0.1) is 0 Å². The molecule has 2 atom stereocenters. The standard InChI is InChI=1S/C17H17N5O6S2/c1-28-21-13(11-9-29-17(18)19-11)15(23)20-14-12(22(16(14)24)30(25,26)27)8-7-10-5-3-2-4-6-10/h2-9,12,14H,1H3,(H2,18,19)(H,20,23)(H,25,26,27)/b8-7+,21-13-/t12-,14+/m0/s1. The molecule has 0 spiro atoms. The minimum atomic E-state index is -4.82. The van der Waals surface area contributed by atoms with Crippen molar-refractivity contribution in [2.45, 2.75) is 12.1 Å². The number of hydrogen-bond donors (Lipinski definition) is 3. The van der Waals surface area contributed by atoms with Crippen LogP contribution in [0.15, 0.2) is 46.9 Å². The number of nitrogens with two attached hydrogens (primary N) is 1. The second kappa shape index (κ2) is 8.61. The van der Waals surface area contributed by atoms with E-state index in [2.05, 4.69) is 20.3 Å². The summed E-state index contributed by atoms with van der Waals surface area (Å²) >= 11 is 1.08. The van der Waals surface area contributed by atoms with E-state index < -0.39 is 34.2 Å². The summed E-state index contributed by atoms with van der Waals surface area (Å²) in [6.45, 7) is 0. The van der Waals surface area contributed by atoms with Gasteiger partial charge in [0.15, 0.2) is 10.8 Å². The highest BCUT2D eigenvalue weighted by molar-refractivity contribution is 7.84. The van der Waals surface area contributed by atoms with Gasteiger partial charge in [0, 0.05) is 5.38 Å². The topological polar surface area (TPSA) is 164 Å². The van der Waals surface area contributed by atoms with Gasteiger partial charge in [-0.1, -0.05) is 47.6 Å². The van der Waals surface area contributed by atoms with Crippen LogP contribution in [-0.4, -0.2) is 59.0 Å². The van der Waals surface area contributed by atoms with Gasteiger partial charge in [0.25, 0.3) is 11.8 Å². The van der Waals surface area contributed by atoms with Crippen LogP contribution in [0.1, 0.15) is 11.3 Å². The molecule has 3 rings (SSSR count). The van der Waals surface area contributed by atoms with Gasteiger partial charge < -0.3 is 15.9 Å². The van der Waals surface area contributed by atoms with Crippen molar-refractivity contribution in [1.29, 1.82) is 0 Å². The van der Waals surface area contributed by atoms with Crippen LogP contribution >= 0.6 is 11.3 Å². The fourth-order valence-corrected chi connectivity index (χ4v) is 4.15. The molecule has 13 heteroatoms. The zero-order valence-electron chi connectivity index (χ0n) is 15.5. The number of thiazole rings is 1. The summed E-state index contributed by atoms with van der Waals surface area (Å²) in [5.41, 5.74) is 6.19. The Bertz CT molecular complexity index is 1110. The van der Waals surface area contributed by atoms with E-state index >= 15 is 0 Å². The van der Waals surface area contributed by atoms with Crippen molar-refractivity contribution >= 4 is 50.4 Å². The van der Waals surface area contributed by atoms with Crippen molar-refractivity contribution < 1.29 is 27.4 Å². The highest BCUT2D eigenvalue weighted by atomic mass is 32.2. The van der Waals surface area contributed by atoms with E-state index in [1.54, 1.807) is 36.4 Å². The minimum absolute atomic E-state index is 0.131. The molecule has 0 unspecified atom stereocenters. The molecular formula is C17H17N5O6S2. The maximum Gasteiger partial charge on any atom is 0.362 e. The van der Waals surface area contributed by atoms with Gasteiger partial charge in [-0.15, -0.1) is 11.3 Å². The third-order valence-electron chi connectivity index (χ3n) is 4.08. The summed E-state index contributed by atoms with van der Waals surface area (Å²) in [6, 6.07) is 6.49. The Morgan fingerprint density at radius 3 is 2.67 bits per heavy atom. The van der Waals surface area contributed by atoms with Crippen LogP contribution in [0.4, 0.5) is 5.13 Å². The Labute approximate surface area is 175 Å². The number of hydrogen-bond acceptors (Lipinski definition) is 9. The molecule has 11 nitrogen and oxygen atoms in total. The van der Waals surface area contributed by atoms with E-state index in [4.69, 9.17) is 5.73 Å². The molecule has 0 radical (unpaired) electrons. The lowest BCUT2D eigenvalue weighted by molar-refractivity contribution is -0.142. The highest BCUT2D eigenvalue weighted by Gasteiger charge is 2.53. The molecule has 0 saturated carbocycles. The van der Waals surface area contributed by atoms with Gasteiger partial charge in [0.05, 0.1) is 6.04 Å². The molecule has 0 aliphatic carbocycles. The van der Waals surface area contributed by atoms with Crippen molar-refractivity contribution in [3.63, 3.8) is 0 Å². The van der Waals surface area contributed by atoms with Gasteiger partial charge in [-0.05, 0) is 5.56 Å². The van der Waals surface area contributed by atoms with Crippen molar-refractivity contribution in [2.24, 2.45) is 5.16 Å². The number of anilines is 1. The molecular weight excluding hydrogens is 434 g/mol. The maximum atomic E-state index is 12.7. The van der Waals surface area contributed by atoms with E-state index in [1.165, 1.54) is 18.6 Å². The number of β-lactam (4-membered cyclic amide) rings is 1. The molecule has 1 aliphatic heterocycles.